The number of carbonyl (C=O) groups excluding carboxylic acids is 2. The van der Waals surface area contributed by atoms with E-state index in [1.807, 2.05) is 30.3 Å². The molecule has 8 heteroatoms. The first-order valence-electron chi connectivity index (χ1n) is 6.74. The Labute approximate surface area is 127 Å². The van der Waals surface area contributed by atoms with Crippen LogP contribution in [0.4, 0.5) is 4.79 Å². The summed E-state index contributed by atoms with van der Waals surface area (Å²) in [5.74, 6) is -0.574. The summed E-state index contributed by atoms with van der Waals surface area (Å²) in [6.45, 7) is 0.0373. The highest BCUT2D eigenvalue weighted by atomic mass is 17.3. The molecule has 120 valence electrons. The molecule has 1 aromatic rings. The third-order valence-corrected chi connectivity index (χ3v) is 2.68. The predicted molar refractivity (Wildman–Crippen MR) is 72.1 cm³/mol. The van der Waals surface area contributed by atoms with Crippen molar-refractivity contribution in [3.63, 3.8) is 0 Å². The van der Waals surface area contributed by atoms with Crippen molar-refractivity contribution in [2.45, 2.75) is 19.3 Å². The van der Waals surface area contributed by atoms with Crippen LogP contribution in [0.3, 0.4) is 0 Å². The van der Waals surface area contributed by atoms with Gasteiger partial charge in [-0.05, 0) is 5.56 Å². The first-order valence-corrected chi connectivity index (χ1v) is 6.74. The number of alkyl carbamates (subject to hydrolysis) is 1. The van der Waals surface area contributed by atoms with E-state index in [0.717, 1.165) is 5.56 Å². The third kappa shape index (κ3) is 6.08. The van der Waals surface area contributed by atoms with Crippen molar-refractivity contribution in [3.8, 4) is 0 Å². The first kappa shape index (κ1) is 16.2. The molecule has 1 aliphatic rings. The average Bonchev–Trinajstić information content (AvgIpc) is 3.05. The zero-order valence-electron chi connectivity index (χ0n) is 11.9. The Morgan fingerprint density at radius 3 is 2.77 bits per heavy atom. The minimum absolute atomic E-state index is 0.0629. The fraction of sp³-hybridized carbons (Fsp3) is 0.429. The fourth-order valence-corrected chi connectivity index (χ4v) is 1.61. The van der Waals surface area contributed by atoms with Gasteiger partial charge in [-0.2, -0.15) is 0 Å². The van der Waals surface area contributed by atoms with Gasteiger partial charge in [0.2, 0.25) is 0 Å². The number of ether oxygens (including phenoxy) is 3. The van der Waals surface area contributed by atoms with Crippen molar-refractivity contribution in [1.29, 1.82) is 0 Å². The molecule has 1 atom stereocenters. The highest BCUT2D eigenvalue weighted by Crippen LogP contribution is 2.08. The van der Waals surface area contributed by atoms with E-state index in [1.54, 1.807) is 0 Å². The Morgan fingerprint density at radius 1 is 1.23 bits per heavy atom. The smallest absolute Gasteiger partial charge is 0.407 e. The van der Waals surface area contributed by atoms with Crippen LogP contribution in [0.15, 0.2) is 30.3 Å². The molecular weight excluding hydrogens is 294 g/mol. The average molecular weight is 311 g/mol. The molecule has 1 N–H and O–H groups in total. The zero-order valence-corrected chi connectivity index (χ0v) is 11.9. The van der Waals surface area contributed by atoms with Crippen molar-refractivity contribution < 1.29 is 33.6 Å². The minimum Gasteiger partial charge on any atom is -0.464 e. The van der Waals surface area contributed by atoms with Crippen molar-refractivity contribution in [2.75, 3.05) is 19.9 Å². The molecule has 1 amide bonds. The first-order chi connectivity index (χ1) is 10.7. The number of hydrogen-bond donors (Lipinski definition) is 1. The van der Waals surface area contributed by atoms with E-state index >= 15 is 0 Å². The van der Waals surface area contributed by atoms with E-state index in [4.69, 9.17) is 19.1 Å². The summed E-state index contributed by atoms with van der Waals surface area (Å²) < 4.78 is 14.8. The topological polar surface area (TPSA) is 92.3 Å². The van der Waals surface area contributed by atoms with Crippen LogP contribution in [-0.4, -0.2) is 38.3 Å². The lowest BCUT2D eigenvalue weighted by Gasteiger charge is -2.09. The van der Waals surface area contributed by atoms with Crippen molar-refractivity contribution >= 4 is 12.1 Å². The van der Waals surface area contributed by atoms with Gasteiger partial charge in [0, 0.05) is 6.42 Å². The molecule has 2 rings (SSSR count). The van der Waals surface area contributed by atoms with Gasteiger partial charge in [-0.15, -0.1) is 0 Å². The summed E-state index contributed by atoms with van der Waals surface area (Å²) in [6, 6.07) is 9.22. The number of hydrogen-bond acceptors (Lipinski definition) is 7. The standard InChI is InChI=1S/C14H17NO7/c16-12(18-7-6-13-20-10-21-22-13)8-15-14(17)19-9-11-4-2-1-3-5-11/h1-5,13H,6-10H2,(H,15,17). The number of amides is 1. The second-order valence-electron chi connectivity index (χ2n) is 4.35. The number of nitrogens with one attached hydrogen (secondary N) is 1. The summed E-state index contributed by atoms with van der Waals surface area (Å²) in [7, 11) is 0. The summed E-state index contributed by atoms with van der Waals surface area (Å²) in [5, 5.41) is 2.31. The second kappa shape index (κ2) is 8.98. The molecule has 22 heavy (non-hydrogen) atoms. The van der Waals surface area contributed by atoms with Crippen molar-refractivity contribution in [3.05, 3.63) is 35.9 Å². The highest BCUT2D eigenvalue weighted by Gasteiger charge is 2.18. The second-order valence-corrected chi connectivity index (χ2v) is 4.35. The van der Waals surface area contributed by atoms with E-state index in [1.165, 1.54) is 0 Å². The van der Waals surface area contributed by atoms with Crippen LogP contribution in [-0.2, 0) is 35.4 Å². The normalized spacial score (nSPS) is 17.0. The molecule has 0 saturated carbocycles. The molecular formula is C14H17NO7. The highest BCUT2D eigenvalue weighted by molar-refractivity contribution is 5.77. The van der Waals surface area contributed by atoms with E-state index in [-0.39, 0.29) is 26.6 Å². The Kier molecular flexibility index (Phi) is 6.62. The van der Waals surface area contributed by atoms with Crippen LogP contribution in [0, 0.1) is 0 Å². The van der Waals surface area contributed by atoms with Crippen LogP contribution in [0.25, 0.3) is 0 Å². The van der Waals surface area contributed by atoms with Crippen LogP contribution >= 0.6 is 0 Å². The largest absolute Gasteiger partial charge is 0.464 e. The van der Waals surface area contributed by atoms with Crippen LogP contribution in [0.2, 0.25) is 0 Å². The molecule has 1 unspecified atom stereocenters. The number of rotatable bonds is 7. The molecule has 0 aromatic heterocycles. The zero-order chi connectivity index (χ0) is 15.6. The van der Waals surface area contributed by atoms with Crippen molar-refractivity contribution in [1.82, 2.24) is 5.32 Å². The van der Waals surface area contributed by atoms with Gasteiger partial charge in [-0.25, -0.2) is 14.6 Å². The molecule has 1 saturated heterocycles. The SMILES string of the molecule is O=C(CNC(=O)OCc1ccccc1)OCCC1OCOO1. The lowest BCUT2D eigenvalue weighted by atomic mass is 10.2. The fourth-order valence-electron chi connectivity index (χ4n) is 1.61. The maximum atomic E-state index is 11.4. The minimum atomic E-state index is -0.684. The number of esters is 1. The Morgan fingerprint density at radius 2 is 2.05 bits per heavy atom. The Hall–Kier alpha value is -2.16. The van der Waals surface area contributed by atoms with Gasteiger partial charge in [0.15, 0.2) is 13.1 Å². The quantitative estimate of drug-likeness (QED) is 0.595. The molecule has 8 nitrogen and oxygen atoms in total. The van der Waals surface area contributed by atoms with Gasteiger partial charge in [0.1, 0.15) is 13.2 Å². The summed E-state index contributed by atoms with van der Waals surface area (Å²) in [4.78, 5) is 32.0. The number of benzene rings is 1. The predicted octanol–water partition coefficient (Wildman–Crippen LogP) is 1.11. The molecule has 0 bridgehead atoms. The van der Waals surface area contributed by atoms with Crippen LogP contribution in [0.5, 0.6) is 0 Å². The summed E-state index contributed by atoms with van der Waals surface area (Å²) in [5.41, 5.74) is 0.860. The van der Waals surface area contributed by atoms with Crippen molar-refractivity contribution in [2.24, 2.45) is 0 Å². The van der Waals surface area contributed by atoms with Gasteiger partial charge in [0.25, 0.3) is 0 Å². The molecule has 1 fully saturated rings. The van der Waals surface area contributed by atoms with E-state index in [0.29, 0.717) is 6.42 Å². The van der Waals surface area contributed by atoms with E-state index in [2.05, 4.69) is 10.2 Å². The van der Waals surface area contributed by atoms with Gasteiger partial charge in [-0.1, -0.05) is 30.3 Å². The molecule has 1 aromatic carbocycles. The lowest BCUT2D eigenvalue weighted by molar-refractivity contribution is -0.278. The van der Waals surface area contributed by atoms with Gasteiger partial charge >= 0.3 is 12.1 Å². The maximum absolute atomic E-state index is 11.4. The molecule has 0 aliphatic carbocycles. The monoisotopic (exact) mass is 311 g/mol. The van der Waals surface area contributed by atoms with Crippen LogP contribution < -0.4 is 5.32 Å². The molecule has 0 radical (unpaired) electrons. The van der Waals surface area contributed by atoms with Gasteiger partial charge in [-0.3, -0.25) is 4.79 Å². The summed E-state index contributed by atoms with van der Waals surface area (Å²) in [6.07, 6.45) is -0.863. The Bertz CT molecular complexity index is 473. The maximum Gasteiger partial charge on any atom is 0.407 e. The molecule has 1 aliphatic heterocycles. The Balaban J connectivity index is 1.52. The third-order valence-electron chi connectivity index (χ3n) is 2.68. The lowest BCUT2D eigenvalue weighted by Crippen LogP contribution is -2.31. The van der Waals surface area contributed by atoms with Gasteiger partial charge < -0.3 is 19.5 Å². The molecule has 1 heterocycles. The van der Waals surface area contributed by atoms with E-state index in [9.17, 15) is 9.59 Å². The van der Waals surface area contributed by atoms with Crippen LogP contribution in [0.1, 0.15) is 12.0 Å². The molecule has 0 spiro atoms. The van der Waals surface area contributed by atoms with E-state index < -0.39 is 18.4 Å². The summed E-state index contributed by atoms with van der Waals surface area (Å²) >= 11 is 0. The number of carbonyl (C=O) groups is 2. The van der Waals surface area contributed by atoms with Gasteiger partial charge in [0.05, 0.1) is 6.61 Å².